The van der Waals surface area contributed by atoms with Crippen molar-refractivity contribution < 1.29 is 37.0 Å². The van der Waals surface area contributed by atoms with Crippen LogP contribution >= 0.6 is 11.3 Å². The number of H-pyrrole nitrogens is 2. The highest BCUT2D eigenvalue weighted by atomic mass is 79.9. The number of amides is 2. The van der Waals surface area contributed by atoms with Crippen molar-refractivity contribution in [3.05, 3.63) is 80.1 Å². The second-order valence-corrected chi connectivity index (χ2v) is 9.39. The number of nitrogens with zero attached hydrogens (tertiary/aromatic N) is 1. The van der Waals surface area contributed by atoms with Crippen molar-refractivity contribution in [2.45, 2.75) is 27.3 Å². The van der Waals surface area contributed by atoms with E-state index in [0.717, 1.165) is 10.4 Å². The fourth-order valence-corrected chi connectivity index (χ4v) is 5.10. The SMILES string of the molecule is Cc1c(-c2cc[nH+]cc2)sc(NC(=O)c2cn(CC(C)C)c3ccc(=O)[nH]c3c2=O)c1C(N)=O.O.[Br-]. The Kier molecular flexibility index (Phi) is 9.08. The minimum atomic E-state index is -0.689. The summed E-state index contributed by atoms with van der Waals surface area (Å²) in [6.45, 7) is 6.30. The van der Waals surface area contributed by atoms with Crippen LogP contribution < -0.4 is 44.0 Å². The second-order valence-electron chi connectivity index (χ2n) is 8.37. The van der Waals surface area contributed by atoms with E-state index in [-0.39, 0.29) is 50.0 Å². The molecule has 0 bridgehead atoms. The molecule has 0 aliphatic rings. The molecule has 36 heavy (non-hydrogen) atoms. The van der Waals surface area contributed by atoms with Crippen LogP contribution in [-0.2, 0) is 6.54 Å². The fourth-order valence-electron chi connectivity index (χ4n) is 3.89. The van der Waals surface area contributed by atoms with Crippen LogP contribution in [0.2, 0.25) is 0 Å². The van der Waals surface area contributed by atoms with Gasteiger partial charge < -0.3 is 43.1 Å². The molecular formula is C24H26BrN5O5S. The Morgan fingerprint density at radius 1 is 1.17 bits per heavy atom. The number of nitrogens with one attached hydrogen (secondary N) is 3. The molecule has 0 aliphatic carbocycles. The summed E-state index contributed by atoms with van der Waals surface area (Å²) >= 11 is 1.20. The van der Waals surface area contributed by atoms with Gasteiger partial charge in [0.05, 0.1) is 11.1 Å². The number of thiophene rings is 1. The van der Waals surface area contributed by atoms with Gasteiger partial charge in [-0.3, -0.25) is 19.2 Å². The maximum Gasteiger partial charge on any atom is 0.261 e. The Bertz CT molecular complexity index is 1540. The van der Waals surface area contributed by atoms with Gasteiger partial charge in [-0.2, -0.15) is 0 Å². The first-order chi connectivity index (χ1) is 16.2. The molecule has 4 aromatic rings. The van der Waals surface area contributed by atoms with E-state index in [1.165, 1.54) is 23.6 Å². The van der Waals surface area contributed by atoms with Gasteiger partial charge in [0.2, 0.25) is 11.0 Å². The number of anilines is 1. The number of carbonyl (C=O) groups excluding carboxylic acids is 2. The van der Waals surface area contributed by atoms with Gasteiger partial charge in [0.1, 0.15) is 16.1 Å². The average Bonchev–Trinajstić information content (AvgIpc) is 3.11. The predicted molar refractivity (Wildman–Crippen MR) is 135 cm³/mol. The first-order valence-corrected chi connectivity index (χ1v) is 11.5. The molecule has 0 aliphatic heterocycles. The number of fused-ring (bicyclic) bond motifs is 1. The molecule has 12 heteroatoms. The predicted octanol–water partition coefficient (Wildman–Crippen LogP) is -1.27. The highest BCUT2D eigenvalue weighted by Crippen LogP contribution is 2.39. The molecule has 0 radical (unpaired) electrons. The van der Waals surface area contributed by atoms with Crippen molar-refractivity contribution in [2.75, 3.05) is 5.32 Å². The number of pyridine rings is 3. The first kappa shape index (κ1) is 28.6. The van der Waals surface area contributed by atoms with E-state index < -0.39 is 22.8 Å². The van der Waals surface area contributed by atoms with Crippen LogP contribution in [0.25, 0.3) is 21.5 Å². The van der Waals surface area contributed by atoms with Crippen molar-refractivity contribution in [3.63, 3.8) is 0 Å². The lowest BCUT2D eigenvalue weighted by molar-refractivity contribution is -0.377. The lowest BCUT2D eigenvalue weighted by Crippen LogP contribution is -3.00. The number of aromatic nitrogens is 3. The Labute approximate surface area is 220 Å². The molecule has 4 rings (SSSR count). The number of hydrogen-bond acceptors (Lipinski definition) is 5. The third kappa shape index (κ3) is 5.45. The summed E-state index contributed by atoms with van der Waals surface area (Å²) in [5.41, 5.74) is 6.71. The van der Waals surface area contributed by atoms with E-state index in [4.69, 9.17) is 5.73 Å². The van der Waals surface area contributed by atoms with E-state index in [1.54, 1.807) is 30.0 Å². The van der Waals surface area contributed by atoms with Gasteiger partial charge >= 0.3 is 0 Å². The molecule has 4 aromatic heterocycles. The highest BCUT2D eigenvalue weighted by molar-refractivity contribution is 7.20. The number of halogens is 1. The zero-order valence-corrected chi connectivity index (χ0v) is 22.2. The Balaban J connectivity index is 0.00000228. The molecule has 0 aromatic carbocycles. The monoisotopic (exact) mass is 575 g/mol. The zero-order chi connectivity index (χ0) is 24.6. The number of nitrogens with two attached hydrogens (primary N) is 1. The summed E-state index contributed by atoms with van der Waals surface area (Å²) in [6.07, 6.45) is 4.99. The molecule has 0 saturated heterocycles. The van der Waals surface area contributed by atoms with Gasteiger partial charge in [-0.05, 0) is 24.5 Å². The maximum absolute atomic E-state index is 13.3. The molecule has 2 amide bonds. The van der Waals surface area contributed by atoms with Crippen molar-refractivity contribution in [1.82, 2.24) is 9.55 Å². The van der Waals surface area contributed by atoms with E-state index in [1.807, 2.05) is 26.0 Å². The van der Waals surface area contributed by atoms with Gasteiger partial charge in [-0.1, -0.05) is 13.8 Å². The molecule has 10 nitrogen and oxygen atoms in total. The van der Waals surface area contributed by atoms with Gasteiger partial charge in [0, 0.05) is 41.4 Å². The normalized spacial score (nSPS) is 10.6. The quantitative estimate of drug-likeness (QED) is 0.260. The minimum Gasteiger partial charge on any atom is -1.00 e. The number of primary amides is 1. The van der Waals surface area contributed by atoms with Gasteiger partial charge in [-0.15, -0.1) is 11.3 Å². The zero-order valence-electron chi connectivity index (χ0n) is 19.8. The van der Waals surface area contributed by atoms with Crippen LogP contribution in [0.15, 0.2) is 52.4 Å². The van der Waals surface area contributed by atoms with Crippen molar-refractivity contribution >= 4 is 39.2 Å². The van der Waals surface area contributed by atoms with Gasteiger partial charge in [0.15, 0.2) is 12.4 Å². The summed E-state index contributed by atoms with van der Waals surface area (Å²) in [6, 6.07) is 6.60. The smallest absolute Gasteiger partial charge is 0.261 e. The number of hydrogen-bond donors (Lipinski definition) is 3. The van der Waals surface area contributed by atoms with E-state index in [2.05, 4.69) is 15.3 Å². The van der Waals surface area contributed by atoms with Gasteiger partial charge in [0.25, 0.3) is 11.8 Å². The summed E-state index contributed by atoms with van der Waals surface area (Å²) < 4.78 is 1.77. The molecule has 0 saturated carbocycles. The Morgan fingerprint density at radius 3 is 2.44 bits per heavy atom. The van der Waals surface area contributed by atoms with Crippen LogP contribution in [-0.4, -0.2) is 26.8 Å². The standard InChI is InChI=1S/C24H23N5O4S.BrH.H2O/c1-12(2)10-29-11-15(20(31)19-16(29)4-5-17(30)27-19)23(33)28-24-18(22(25)32)13(3)21(34-24)14-6-8-26-9-7-14;;/h4-9,11-12H,10H2,1-3H3,(H2,25,32)(H,27,30)(H,28,33);1H;1H2. The van der Waals surface area contributed by atoms with E-state index in [9.17, 15) is 19.2 Å². The molecule has 190 valence electrons. The maximum atomic E-state index is 13.3. The summed E-state index contributed by atoms with van der Waals surface area (Å²) in [7, 11) is 0. The molecular weight excluding hydrogens is 550 g/mol. The fraction of sp³-hybridized carbons (Fsp3) is 0.208. The summed E-state index contributed by atoms with van der Waals surface area (Å²) in [4.78, 5) is 56.8. The van der Waals surface area contributed by atoms with Crippen LogP contribution in [0.1, 0.15) is 40.1 Å². The Hall–Kier alpha value is -3.61. The summed E-state index contributed by atoms with van der Waals surface area (Å²) in [5.74, 6) is -1.15. The van der Waals surface area contributed by atoms with Crippen LogP contribution in [0.4, 0.5) is 5.00 Å². The third-order valence-corrected chi connectivity index (χ3v) is 6.63. The summed E-state index contributed by atoms with van der Waals surface area (Å²) in [5, 5.41) is 2.96. The minimum absolute atomic E-state index is 0. The van der Waals surface area contributed by atoms with Crippen molar-refractivity contribution in [2.24, 2.45) is 11.7 Å². The topological polar surface area (TPSA) is 173 Å². The van der Waals surface area contributed by atoms with Crippen molar-refractivity contribution in [1.29, 1.82) is 0 Å². The van der Waals surface area contributed by atoms with Crippen LogP contribution in [0, 0.1) is 12.8 Å². The second kappa shape index (κ2) is 11.4. The van der Waals surface area contributed by atoms with E-state index in [0.29, 0.717) is 17.6 Å². The third-order valence-electron chi connectivity index (χ3n) is 5.37. The number of carbonyl (C=O) groups is 2. The molecule has 0 spiro atoms. The largest absolute Gasteiger partial charge is 1.00 e. The Morgan fingerprint density at radius 2 is 1.83 bits per heavy atom. The van der Waals surface area contributed by atoms with Crippen LogP contribution in [0.3, 0.4) is 0 Å². The van der Waals surface area contributed by atoms with E-state index >= 15 is 0 Å². The first-order valence-electron chi connectivity index (χ1n) is 10.6. The average molecular weight is 576 g/mol. The highest BCUT2D eigenvalue weighted by Gasteiger charge is 2.24. The van der Waals surface area contributed by atoms with Crippen LogP contribution in [0.5, 0.6) is 0 Å². The number of rotatable bonds is 6. The molecule has 4 heterocycles. The molecule has 0 unspecified atom stereocenters. The molecule has 7 N–H and O–H groups in total. The lowest BCUT2D eigenvalue weighted by atomic mass is 10.1. The molecule has 0 atom stereocenters. The lowest BCUT2D eigenvalue weighted by Gasteiger charge is -2.15. The van der Waals surface area contributed by atoms with Crippen molar-refractivity contribution in [3.8, 4) is 10.4 Å². The molecule has 0 fully saturated rings. The van der Waals surface area contributed by atoms with Gasteiger partial charge in [-0.25, -0.2) is 4.98 Å². The number of aromatic amines is 2.